The molecule has 36 heavy (non-hydrogen) atoms. The topological polar surface area (TPSA) is 78.5 Å². The summed E-state index contributed by atoms with van der Waals surface area (Å²) < 4.78 is 14.9. The standard InChI is InChI=1S/C28H30FN3O3S/c29-22-11-17(14-30-19-12-28(13-19)9-2-10-28)5-6-18(22)16-36-24-4-1-3-20-21(24)15-32(27(20)35)23-7-8-25(33)31-26(23)34/h1,3-6,11,19,23,30H,2,7-10,12-16H2,(H,31,33,34). The molecule has 2 aromatic rings. The maximum atomic E-state index is 14.9. The lowest BCUT2D eigenvalue weighted by atomic mass is 9.54. The van der Waals surface area contributed by atoms with Crippen molar-refractivity contribution < 1.29 is 18.8 Å². The zero-order chi connectivity index (χ0) is 24.9. The van der Waals surface area contributed by atoms with Crippen molar-refractivity contribution in [1.29, 1.82) is 0 Å². The minimum absolute atomic E-state index is 0.195. The number of nitrogens with zero attached hydrogens (tertiary/aromatic N) is 1. The van der Waals surface area contributed by atoms with E-state index in [0.29, 0.717) is 47.8 Å². The van der Waals surface area contributed by atoms with Crippen LogP contribution in [0.3, 0.4) is 0 Å². The Morgan fingerprint density at radius 2 is 1.97 bits per heavy atom. The van der Waals surface area contributed by atoms with E-state index in [2.05, 4.69) is 10.6 Å². The lowest BCUT2D eigenvalue weighted by Crippen LogP contribution is -2.52. The second-order valence-corrected chi connectivity index (χ2v) is 11.8. The molecule has 8 heteroatoms. The van der Waals surface area contributed by atoms with Crippen LogP contribution >= 0.6 is 11.8 Å². The van der Waals surface area contributed by atoms with E-state index in [4.69, 9.17) is 0 Å². The minimum Gasteiger partial charge on any atom is -0.322 e. The summed E-state index contributed by atoms with van der Waals surface area (Å²) in [6, 6.07) is 10.9. The number of fused-ring (bicyclic) bond motifs is 1. The molecule has 1 spiro atoms. The molecule has 0 bridgehead atoms. The SMILES string of the molecule is O=C1CCC(N2Cc3c(SCc4ccc(CNC5CC6(CCC6)C5)cc4F)cccc3C2=O)C(=O)N1. The number of halogens is 1. The van der Waals surface area contributed by atoms with Crippen molar-refractivity contribution >= 4 is 29.5 Å². The lowest BCUT2D eigenvalue weighted by molar-refractivity contribution is -0.136. The number of benzene rings is 2. The van der Waals surface area contributed by atoms with Gasteiger partial charge in [0.25, 0.3) is 5.91 Å². The average molecular weight is 508 g/mol. The van der Waals surface area contributed by atoms with Gasteiger partial charge in [0.1, 0.15) is 11.9 Å². The van der Waals surface area contributed by atoms with Gasteiger partial charge in [-0.3, -0.25) is 19.7 Å². The highest BCUT2D eigenvalue weighted by Gasteiger charge is 2.47. The molecular formula is C28H30FN3O3S. The van der Waals surface area contributed by atoms with Gasteiger partial charge in [-0.2, -0.15) is 0 Å². The first-order valence-electron chi connectivity index (χ1n) is 12.8. The molecule has 3 fully saturated rings. The Kier molecular flexibility index (Phi) is 6.12. The van der Waals surface area contributed by atoms with Crippen LogP contribution in [-0.2, 0) is 28.4 Å². The molecule has 188 valence electrons. The molecule has 2 saturated carbocycles. The molecule has 6 rings (SSSR count). The Balaban J connectivity index is 1.07. The summed E-state index contributed by atoms with van der Waals surface area (Å²) in [6.45, 7) is 1.01. The van der Waals surface area contributed by atoms with Crippen molar-refractivity contribution in [3.63, 3.8) is 0 Å². The van der Waals surface area contributed by atoms with Crippen LogP contribution in [0.1, 0.15) is 72.0 Å². The molecule has 1 unspecified atom stereocenters. The summed E-state index contributed by atoms with van der Waals surface area (Å²) in [5, 5.41) is 5.91. The molecule has 3 amide bonds. The molecule has 2 N–H and O–H groups in total. The lowest BCUT2D eigenvalue weighted by Gasteiger charge is -2.54. The summed E-state index contributed by atoms with van der Waals surface area (Å²) in [4.78, 5) is 39.3. The molecule has 4 aliphatic rings. The van der Waals surface area contributed by atoms with Crippen LogP contribution in [0.15, 0.2) is 41.3 Å². The van der Waals surface area contributed by atoms with E-state index in [1.54, 1.807) is 17.0 Å². The third-order valence-corrected chi connectivity index (χ3v) is 9.56. The first-order valence-corrected chi connectivity index (χ1v) is 13.8. The second kappa shape index (κ2) is 9.30. The summed E-state index contributed by atoms with van der Waals surface area (Å²) in [5.74, 6) is -0.670. The van der Waals surface area contributed by atoms with Gasteiger partial charge in [-0.05, 0) is 72.4 Å². The molecule has 2 aliphatic heterocycles. The van der Waals surface area contributed by atoms with Crippen LogP contribution in [0, 0.1) is 11.2 Å². The number of amides is 3. The van der Waals surface area contributed by atoms with E-state index in [9.17, 15) is 18.8 Å². The molecule has 1 atom stereocenters. The number of imide groups is 1. The van der Waals surface area contributed by atoms with E-state index in [1.807, 2.05) is 24.3 Å². The van der Waals surface area contributed by atoms with Gasteiger partial charge in [-0.25, -0.2) is 4.39 Å². The zero-order valence-electron chi connectivity index (χ0n) is 20.1. The average Bonchev–Trinajstić information content (AvgIpc) is 3.13. The fraction of sp³-hybridized carbons (Fsp3) is 0.464. The maximum absolute atomic E-state index is 14.9. The van der Waals surface area contributed by atoms with Crippen molar-refractivity contribution in [2.24, 2.45) is 5.41 Å². The predicted octanol–water partition coefficient (Wildman–Crippen LogP) is 4.30. The van der Waals surface area contributed by atoms with E-state index in [1.165, 1.54) is 43.9 Å². The van der Waals surface area contributed by atoms with Gasteiger partial charge in [0, 0.05) is 41.8 Å². The third kappa shape index (κ3) is 4.34. The van der Waals surface area contributed by atoms with Crippen LogP contribution in [0.5, 0.6) is 0 Å². The molecule has 1 saturated heterocycles. The number of carbonyl (C=O) groups is 3. The highest BCUT2D eigenvalue weighted by Crippen LogP contribution is 2.55. The number of hydrogen-bond donors (Lipinski definition) is 2. The Morgan fingerprint density at radius 1 is 1.14 bits per heavy atom. The first-order chi connectivity index (χ1) is 17.4. The van der Waals surface area contributed by atoms with Crippen LogP contribution in [0.25, 0.3) is 0 Å². The van der Waals surface area contributed by atoms with Crippen molar-refractivity contribution in [2.45, 2.75) is 80.8 Å². The van der Waals surface area contributed by atoms with Gasteiger partial charge < -0.3 is 10.2 Å². The number of carbonyl (C=O) groups excluding carboxylic acids is 3. The molecule has 2 aromatic carbocycles. The van der Waals surface area contributed by atoms with E-state index < -0.39 is 11.9 Å². The maximum Gasteiger partial charge on any atom is 0.255 e. The predicted molar refractivity (Wildman–Crippen MR) is 135 cm³/mol. The first kappa shape index (κ1) is 23.7. The summed E-state index contributed by atoms with van der Waals surface area (Å²) >= 11 is 1.50. The van der Waals surface area contributed by atoms with Crippen molar-refractivity contribution in [3.05, 3.63) is 64.5 Å². The molecule has 2 aliphatic carbocycles. The van der Waals surface area contributed by atoms with Gasteiger partial charge in [0.2, 0.25) is 11.8 Å². The summed E-state index contributed by atoms with van der Waals surface area (Å²) in [6.07, 6.45) is 7.20. The van der Waals surface area contributed by atoms with Gasteiger partial charge >= 0.3 is 0 Å². The monoisotopic (exact) mass is 507 g/mol. The normalized spacial score (nSPS) is 22.9. The molecule has 0 radical (unpaired) electrons. The fourth-order valence-corrected chi connectivity index (χ4v) is 7.21. The molecule has 6 nitrogen and oxygen atoms in total. The van der Waals surface area contributed by atoms with Crippen LogP contribution < -0.4 is 10.6 Å². The number of piperidine rings is 1. The third-order valence-electron chi connectivity index (χ3n) is 8.41. The Bertz CT molecular complexity index is 1240. The summed E-state index contributed by atoms with van der Waals surface area (Å²) in [5.41, 5.74) is 3.66. The smallest absolute Gasteiger partial charge is 0.255 e. The zero-order valence-corrected chi connectivity index (χ0v) is 21.0. The van der Waals surface area contributed by atoms with Crippen molar-refractivity contribution in [3.8, 4) is 0 Å². The van der Waals surface area contributed by atoms with Crippen LogP contribution in [0.2, 0.25) is 0 Å². The van der Waals surface area contributed by atoms with E-state index >= 15 is 0 Å². The van der Waals surface area contributed by atoms with E-state index in [-0.39, 0.29) is 24.1 Å². The fourth-order valence-electron chi connectivity index (χ4n) is 6.14. The Hall–Kier alpha value is -2.71. The van der Waals surface area contributed by atoms with Crippen molar-refractivity contribution in [2.75, 3.05) is 0 Å². The molecule has 0 aromatic heterocycles. The molecular weight excluding hydrogens is 477 g/mol. The number of thioether (sulfide) groups is 1. The Labute approximate surface area is 214 Å². The van der Waals surface area contributed by atoms with Gasteiger partial charge in [-0.15, -0.1) is 11.8 Å². The second-order valence-electron chi connectivity index (χ2n) is 10.7. The van der Waals surface area contributed by atoms with Crippen LogP contribution in [0.4, 0.5) is 4.39 Å². The number of hydrogen-bond acceptors (Lipinski definition) is 5. The van der Waals surface area contributed by atoms with Gasteiger partial charge in [0.15, 0.2) is 0 Å². The van der Waals surface area contributed by atoms with Gasteiger partial charge in [-0.1, -0.05) is 24.6 Å². The molecule has 2 heterocycles. The minimum atomic E-state index is -0.641. The highest BCUT2D eigenvalue weighted by atomic mass is 32.2. The quantitative estimate of drug-likeness (QED) is 0.432. The summed E-state index contributed by atoms with van der Waals surface area (Å²) in [7, 11) is 0. The van der Waals surface area contributed by atoms with Gasteiger partial charge in [0.05, 0.1) is 0 Å². The largest absolute Gasteiger partial charge is 0.322 e. The van der Waals surface area contributed by atoms with Crippen molar-refractivity contribution in [1.82, 2.24) is 15.5 Å². The van der Waals surface area contributed by atoms with Crippen LogP contribution in [-0.4, -0.2) is 34.7 Å². The Morgan fingerprint density at radius 3 is 2.69 bits per heavy atom. The number of nitrogens with one attached hydrogen (secondary N) is 2. The number of rotatable bonds is 7. The highest BCUT2D eigenvalue weighted by molar-refractivity contribution is 7.98. The van der Waals surface area contributed by atoms with E-state index in [0.717, 1.165) is 16.0 Å².